The fourth-order valence-corrected chi connectivity index (χ4v) is 2.04. The first-order valence-corrected chi connectivity index (χ1v) is 6.69. The number of aromatic nitrogens is 2. The SMILES string of the molecule is COCCNCc1ncc(-c2cc(Br)ccc2F)[nH]1. The van der Waals surface area contributed by atoms with Crippen molar-refractivity contribution in [3.8, 4) is 11.3 Å². The van der Waals surface area contributed by atoms with Gasteiger partial charge < -0.3 is 15.0 Å². The summed E-state index contributed by atoms with van der Waals surface area (Å²) in [4.78, 5) is 7.32. The highest BCUT2D eigenvalue weighted by Gasteiger charge is 2.08. The van der Waals surface area contributed by atoms with E-state index in [4.69, 9.17) is 4.74 Å². The minimum Gasteiger partial charge on any atom is -0.383 e. The molecule has 6 heteroatoms. The van der Waals surface area contributed by atoms with Crippen molar-refractivity contribution in [3.05, 3.63) is 40.5 Å². The molecule has 0 aliphatic heterocycles. The van der Waals surface area contributed by atoms with Crippen LogP contribution in [0.5, 0.6) is 0 Å². The normalized spacial score (nSPS) is 10.9. The zero-order chi connectivity index (χ0) is 13.7. The number of halogens is 2. The van der Waals surface area contributed by atoms with E-state index in [9.17, 15) is 4.39 Å². The van der Waals surface area contributed by atoms with Crippen molar-refractivity contribution >= 4 is 15.9 Å². The molecule has 1 aromatic heterocycles. The summed E-state index contributed by atoms with van der Waals surface area (Å²) in [7, 11) is 1.66. The molecular weight excluding hydrogens is 313 g/mol. The number of hydrogen-bond donors (Lipinski definition) is 2. The van der Waals surface area contributed by atoms with E-state index in [0.29, 0.717) is 24.4 Å². The Balaban J connectivity index is 2.06. The van der Waals surface area contributed by atoms with E-state index in [1.807, 2.05) is 0 Å². The van der Waals surface area contributed by atoms with Gasteiger partial charge in [0.15, 0.2) is 0 Å². The molecule has 2 N–H and O–H groups in total. The lowest BCUT2D eigenvalue weighted by Gasteiger charge is -2.02. The van der Waals surface area contributed by atoms with Crippen molar-refractivity contribution in [3.63, 3.8) is 0 Å². The molecule has 0 aliphatic carbocycles. The summed E-state index contributed by atoms with van der Waals surface area (Å²) in [5.74, 6) is 0.497. The van der Waals surface area contributed by atoms with Gasteiger partial charge in [-0.2, -0.15) is 0 Å². The fraction of sp³-hybridized carbons (Fsp3) is 0.308. The van der Waals surface area contributed by atoms with Gasteiger partial charge >= 0.3 is 0 Å². The summed E-state index contributed by atoms with van der Waals surface area (Å²) in [6.45, 7) is 1.99. The van der Waals surface area contributed by atoms with Crippen LogP contribution < -0.4 is 5.32 Å². The molecule has 0 aliphatic rings. The van der Waals surface area contributed by atoms with E-state index in [2.05, 4.69) is 31.2 Å². The Kier molecular flexibility index (Phi) is 5.07. The molecule has 1 aromatic carbocycles. The second kappa shape index (κ2) is 6.79. The van der Waals surface area contributed by atoms with Crippen LogP contribution in [0.1, 0.15) is 5.82 Å². The highest BCUT2D eigenvalue weighted by Crippen LogP contribution is 2.24. The second-order valence-electron chi connectivity index (χ2n) is 4.04. The predicted molar refractivity (Wildman–Crippen MR) is 75.3 cm³/mol. The van der Waals surface area contributed by atoms with E-state index in [1.54, 1.807) is 25.4 Å². The molecule has 0 fully saturated rings. The molecule has 0 radical (unpaired) electrons. The molecule has 0 saturated heterocycles. The van der Waals surface area contributed by atoms with Crippen molar-refractivity contribution in [1.29, 1.82) is 0 Å². The Labute approximate surface area is 119 Å². The first kappa shape index (κ1) is 14.2. The third kappa shape index (κ3) is 3.86. The molecule has 0 spiro atoms. The maximum absolute atomic E-state index is 13.7. The highest BCUT2D eigenvalue weighted by atomic mass is 79.9. The number of nitrogens with one attached hydrogen (secondary N) is 2. The Morgan fingerprint density at radius 3 is 3.11 bits per heavy atom. The maximum atomic E-state index is 13.7. The number of nitrogens with zero attached hydrogens (tertiary/aromatic N) is 1. The van der Waals surface area contributed by atoms with Crippen molar-refractivity contribution in [2.75, 3.05) is 20.3 Å². The largest absolute Gasteiger partial charge is 0.383 e. The molecule has 0 atom stereocenters. The van der Waals surface area contributed by atoms with Crippen LogP contribution in [0.3, 0.4) is 0 Å². The van der Waals surface area contributed by atoms with Gasteiger partial charge in [-0.1, -0.05) is 15.9 Å². The molecule has 4 nitrogen and oxygen atoms in total. The predicted octanol–water partition coefficient (Wildman–Crippen LogP) is 2.71. The number of methoxy groups -OCH3 is 1. The van der Waals surface area contributed by atoms with Crippen molar-refractivity contribution < 1.29 is 9.13 Å². The van der Waals surface area contributed by atoms with Gasteiger partial charge in [0.2, 0.25) is 0 Å². The van der Waals surface area contributed by atoms with Gasteiger partial charge in [0, 0.05) is 23.7 Å². The number of benzene rings is 1. The molecular formula is C13H15BrFN3O. The van der Waals surface area contributed by atoms with Crippen molar-refractivity contribution in [2.24, 2.45) is 0 Å². The van der Waals surface area contributed by atoms with Gasteiger partial charge in [-0.3, -0.25) is 0 Å². The number of aromatic amines is 1. The zero-order valence-corrected chi connectivity index (χ0v) is 12.1. The third-order valence-electron chi connectivity index (χ3n) is 2.62. The average molecular weight is 328 g/mol. The van der Waals surface area contributed by atoms with Gasteiger partial charge in [0.25, 0.3) is 0 Å². The smallest absolute Gasteiger partial charge is 0.132 e. The van der Waals surface area contributed by atoms with Crippen LogP contribution in [-0.2, 0) is 11.3 Å². The molecule has 0 unspecified atom stereocenters. The second-order valence-corrected chi connectivity index (χ2v) is 4.95. The summed E-state index contributed by atoms with van der Waals surface area (Å²) < 4.78 is 19.5. The first-order valence-electron chi connectivity index (χ1n) is 5.89. The lowest BCUT2D eigenvalue weighted by atomic mass is 10.1. The summed E-state index contributed by atoms with van der Waals surface area (Å²) in [6, 6.07) is 4.82. The van der Waals surface area contributed by atoms with E-state index in [1.165, 1.54) is 6.07 Å². The van der Waals surface area contributed by atoms with E-state index < -0.39 is 0 Å². The topological polar surface area (TPSA) is 49.9 Å². The summed E-state index contributed by atoms with van der Waals surface area (Å²) in [5.41, 5.74) is 1.17. The minimum atomic E-state index is -0.272. The third-order valence-corrected chi connectivity index (χ3v) is 3.12. The van der Waals surface area contributed by atoms with E-state index in [0.717, 1.165) is 16.8 Å². The number of H-pyrrole nitrogens is 1. The number of rotatable bonds is 6. The van der Waals surface area contributed by atoms with E-state index in [-0.39, 0.29) is 5.82 Å². The lowest BCUT2D eigenvalue weighted by Crippen LogP contribution is -2.19. The van der Waals surface area contributed by atoms with Gasteiger partial charge in [-0.05, 0) is 18.2 Å². The van der Waals surface area contributed by atoms with Crippen LogP contribution in [0.25, 0.3) is 11.3 Å². The quantitative estimate of drug-likeness (QED) is 0.802. The van der Waals surface area contributed by atoms with Crippen LogP contribution in [0.15, 0.2) is 28.9 Å². The van der Waals surface area contributed by atoms with Gasteiger partial charge in [0.05, 0.1) is 25.0 Å². The Bertz CT molecular complexity index is 544. The summed E-state index contributed by atoms with van der Waals surface area (Å²) in [6.07, 6.45) is 1.64. The van der Waals surface area contributed by atoms with Crippen LogP contribution in [0.2, 0.25) is 0 Å². The van der Waals surface area contributed by atoms with Crippen molar-refractivity contribution in [2.45, 2.75) is 6.54 Å². The fourth-order valence-electron chi connectivity index (χ4n) is 1.67. The van der Waals surface area contributed by atoms with Crippen LogP contribution in [0.4, 0.5) is 4.39 Å². The average Bonchev–Trinajstić information content (AvgIpc) is 2.86. The van der Waals surface area contributed by atoms with Gasteiger partial charge in [0.1, 0.15) is 11.6 Å². The van der Waals surface area contributed by atoms with Gasteiger partial charge in [-0.15, -0.1) is 0 Å². The Hall–Kier alpha value is -1.24. The molecule has 0 saturated carbocycles. The van der Waals surface area contributed by atoms with Crippen LogP contribution >= 0.6 is 15.9 Å². The standard InChI is InChI=1S/C13H15BrFN3O/c1-19-5-4-16-8-13-17-7-12(18-13)10-6-9(14)2-3-11(10)15/h2-3,6-7,16H,4-5,8H2,1H3,(H,17,18). The Morgan fingerprint density at radius 1 is 1.47 bits per heavy atom. The number of hydrogen-bond acceptors (Lipinski definition) is 3. The minimum absolute atomic E-state index is 0.272. The maximum Gasteiger partial charge on any atom is 0.132 e. The zero-order valence-electron chi connectivity index (χ0n) is 10.5. The molecule has 102 valence electrons. The van der Waals surface area contributed by atoms with Gasteiger partial charge in [-0.25, -0.2) is 9.37 Å². The molecule has 2 aromatic rings. The number of ether oxygens (including phenoxy) is 1. The van der Waals surface area contributed by atoms with Crippen LogP contribution in [0, 0.1) is 5.82 Å². The van der Waals surface area contributed by atoms with Crippen molar-refractivity contribution in [1.82, 2.24) is 15.3 Å². The molecule has 0 amide bonds. The Morgan fingerprint density at radius 2 is 2.32 bits per heavy atom. The monoisotopic (exact) mass is 327 g/mol. The van der Waals surface area contributed by atoms with E-state index >= 15 is 0 Å². The summed E-state index contributed by atoms with van der Waals surface area (Å²) >= 11 is 3.33. The molecule has 2 rings (SSSR count). The summed E-state index contributed by atoms with van der Waals surface area (Å²) in [5, 5.41) is 3.17. The molecule has 19 heavy (non-hydrogen) atoms. The number of imidazole rings is 1. The first-order chi connectivity index (χ1) is 9.20. The molecule has 0 bridgehead atoms. The molecule has 1 heterocycles. The highest BCUT2D eigenvalue weighted by molar-refractivity contribution is 9.10. The lowest BCUT2D eigenvalue weighted by molar-refractivity contribution is 0.199. The van der Waals surface area contributed by atoms with Crippen LogP contribution in [-0.4, -0.2) is 30.2 Å².